The van der Waals surface area contributed by atoms with Crippen molar-refractivity contribution in [2.45, 2.75) is 175 Å². The second kappa shape index (κ2) is 32.8. The minimum absolute atomic E-state index is 0.0747. The maximum atomic E-state index is 14.7. The van der Waals surface area contributed by atoms with Crippen molar-refractivity contribution >= 4 is 53.3 Å². The number of methoxy groups -OCH3 is 2. The summed E-state index contributed by atoms with van der Waals surface area (Å²) in [6.07, 6.45) is -0.736. The van der Waals surface area contributed by atoms with Crippen molar-refractivity contribution in [3.05, 3.63) is 65.7 Å². The molecule has 0 saturated carbocycles. The first kappa shape index (κ1) is 67.9. The van der Waals surface area contributed by atoms with Gasteiger partial charge in [-0.15, -0.1) is 0 Å². The SMILES string of the molecule is CC[C@H](C)[C@@H]([C@@H](CC(=O)N1CCCC1[C@H](OC)[C@@H](C)C(=O)N[C@H](C)[C@@H](O)c1ccccc1)OC)N(C)C(=O)[C@@H](NC(=O)[C@H](C(C)C)N(C)C(=O)OCc1ccc(NC(=O)[C@H](CCCNC(N)=O)NC(=O)[C@@H](N)C(C)C)cc1)C(C)C. The Morgan fingerprint density at radius 3 is 1.96 bits per heavy atom. The third-order valence-corrected chi connectivity index (χ3v) is 15.3. The maximum Gasteiger partial charge on any atom is 0.410 e. The van der Waals surface area contributed by atoms with Gasteiger partial charge in [-0.25, -0.2) is 9.59 Å². The number of primary amides is 1. The Kier molecular flexibility index (Phi) is 27.8. The first-order valence-corrected chi connectivity index (χ1v) is 28.0. The first-order chi connectivity index (χ1) is 37.7. The standard InChI is InChI=1S/C58H94N10O12/c1-15-36(8)49(44(78-13)31-45(69)68-30-20-24-43(68)51(79-14)37(9)52(71)62-38(10)50(70)40-21-17-16-18-22-40)66(11)56(75)47(34(4)5)65-55(74)48(35(6)7)67(12)58(77)80-32-39-25-27-41(28-26-39)63-53(72)42(23-19-29-61-57(60)76)64-54(73)46(59)33(2)3/h16-18,21-22,25-28,33-38,42-44,46-51,70H,15,19-20,23-24,29-32,59H2,1-14H3,(H,62,71)(H,63,72)(H,64,73)(H,65,74)(H3,60,61,76)/t36-,37+,38+,42-,43?,44+,46-,47-,48-,49-,50+,51+/m0/s1. The van der Waals surface area contributed by atoms with Crippen LogP contribution < -0.4 is 38.1 Å². The average molecular weight is 1120 g/mol. The zero-order chi connectivity index (χ0) is 60.1. The second-order valence-electron chi connectivity index (χ2n) is 22.3. The summed E-state index contributed by atoms with van der Waals surface area (Å²) in [7, 11) is 6.12. The Hall–Kier alpha value is -6.36. The van der Waals surface area contributed by atoms with Crippen LogP contribution in [0.5, 0.6) is 0 Å². The number of likely N-dealkylation sites (tertiary alicyclic amines) is 1. The number of carbonyl (C=O) groups is 8. The lowest BCUT2D eigenvalue weighted by atomic mass is 9.89. The molecule has 0 radical (unpaired) electrons. The predicted octanol–water partition coefficient (Wildman–Crippen LogP) is 4.43. The number of ether oxygens (including phenoxy) is 3. The van der Waals surface area contributed by atoms with Gasteiger partial charge in [0.2, 0.25) is 35.4 Å². The molecular formula is C58H94N10O12. The van der Waals surface area contributed by atoms with Crippen LogP contribution in [0.3, 0.4) is 0 Å². The number of hydrogen-bond donors (Lipinski definition) is 8. The number of anilines is 1. The zero-order valence-electron chi connectivity index (χ0n) is 49.7. The number of carbonyl (C=O) groups excluding carboxylic acids is 8. The van der Waals surface area contributed by atoms with Gasteiger partial charge in [0.25, 0.3) is 0 Å². The molecule has 80 heavy (non-hydrogen) atoms. The van der Waals surface area contributed by atoms with Crippen LogP contribution in [0, 0.1) is 29.6 Å². The van der Waals surface area contributed by atoms with Gasteiger partial charge >= 0.3 is 12.1 Å². The van der Waals surface area contributed by atoms with Gasteiger partial charge in [0.15, 0.2) is 0 Å². The molecule has 2 aromatic rings. The molecule has 1 heterocycles. The number of nitrogens with two attached hydrogens (primary N) is 2. The summed E-state index contributed by atoms with van der Waals surface area (Å²) in [5.41, 5.74) is 12.8. The molecule has 22 nitrogen and oxygen atoms in total. The number of aliphatic hydroxyl groups is 1. The molecule has 1 unspecified atom stereocenters. The first-order valence-electron chi connectivity index (χ1n) is 28.0. The Morgan fingerprint density at radius 2 is 1.41 bits per heavy atom. The fourth-order valence-electron chi connectivity index (χ4n) is 10.2. The molecule has 1 saturated heterocycles. The minimum Gasteiger partial charge on any atom is -0.445 e. The van der Waals surface area contributed by atoms with E-state index < -0.39 is 114 Å². The largest absolute Gasteiger partial charge is 0.445 e. The van der Waals surface area contributed by atoms with E-state index in [0.29, 0.717) is 49.0 Å². The van der Waals surface area contributed by atoms with E-state index in [1.54, 1.807) is 94.8 Å². The van der Waals surface area contributed by atoms with E-state index in [9.17, 15) is 43.5 Å². The molecule has 2 aromatic carbocycles. The molecular weight excluding hydrogens is 1030 g/mol. The Labute approximate surface area is 473 Å². The van der Waals surface area contributed by atoms with Crippen molar-refractivity contribution in [1.82, 2.24) is 36.0 Å². The van der Waals surface area contributed by atoms with Gasteiger partial charge < -0.3 is 67.2 Å². The number of urea groups is 1. The molecule has 10 N–H and O–H groups in total. The fraction of sp³-hybridized carbons (Fsp3) is 0.655. The van der Waals surface area contributed by atoms with Gasteiger partial charge in [0.05, 0.1) is 54.8 Å². The summed E-state index contributed by atoms with van der Waals surface area (Å²) in [5.74, 6) is -4.32. The molecule has 0 bridgehead atoms. The van der Waals surface area contributed by atoms with Crippen LogP contribution in [0.2, 0.25) is 0 Å². The molecule has 1 aliphatic rings. The molecule has 1 fully saturated rings. The molecule has 448 valence electrons. The Morgan fingerprint density at radius 1 is 0.775 bits per heavy atom. The van der Waals surface area contributed by atoms with Crippen LogP contribution in [0.4, 0.5) is 15.3 Å². The third-order valence-electron chi connectivity index (χ3n) is 15.3. The van der Waals surface area contributed by atoms with Crippen LogP contribution in [-0.4, -0.2) is 163 Å². The Balaban J connectivity index is 1.70. The van der Waals surface area contributed by atoms with Crippen LogP contribution in [-0.2, 0) is 49.6 Å². The van der Waals surface area contributed by atoms with Gasteiger partial charge in [-0.05, 0) is 79.5 Å². The lowest BCUT2D eigenvalue weighted by Crippen LogP contribution is -2.60. The normalized spacial score (nSPS) is 17.6. The average Bonchev–Trinajstić information content (AvgIpc) is 3.91. The number of hydrogen-bond acceptors (Lipinski definition) is 13. The van der Waals surface area contributed by atoms with Gasteiger partial charge in [0, 0.05) is 47.1 Å². The van der Waals surface area contributed by atoms with Crippen molar-refractivity contribution in [2.24, 2.45) is 41.1 Å². The smallest absolute Gasteiger partial charge is 0.410 e. The van der Waals surface area contributed by atoms with E-state index in [4.69, 9.17) is 25.7 Å². The molecule has 12 atom stereocenters. The van der Waals surface area contributed by atoms with Crippen LogP contribution in [0.25, 0.3) is 0 Å². The highest BCUT2D eigenvalue weighted by atomic mass is 16.6. The van der Waals surface area contributed by atoms with E-state index in [2.05, 4.69) is 26.6 Å². The van der Waals surface area contributed by atoms with Crippen molar-refractivity contribution in [3.8, 4) is 0 Å². The lowest BCUT2D eigenvalue weighted by Gasteiger charge is -2.41. The molecule has 1 aliphatic heterocycles. The molecule has 0 aromatic heterocycles. The molecule has 22 heteroatoms. The highest BCUT2D eigenvalue weighted by Gasteiger charge is 2.44. The highest BCUT2D eigenvalue weighted by Crippen LogP contribution is 2.30. The van der Waals surface area contributed by atoms with Crippen molar-refractivity contribution < 1.29 is 57.7 Å². The highest BCUT2D eigenvalue weighted by molar-refractivity contribution is 5.98. The van der Waals surface area contributed by atoms with Gasteiger partial charge in [-0.1, -0.05) is 111 Å². The van der Waals surface area contributed by atoms with Crippen LogP contribution >= 0.6 is 0 Å². The Bertz CT molecular complexity index is 2320. The monoisotopic (exact) mass is 1120 g/mol. The molecule has 3 rings (SSSR count). The van der Waals surface area contributed by atoms with Crippen molar-refractivity contribution in [2.75, 3.05) is 46.7 Å². The summed E-state index contributed by atoms with van der Waals surface area (Å²) in [6, 6.07) is 9.37. The van der Waals surface area contributed by atoms with E-state index >= 15 is 0 Å². The van der Waals surface area contributed by atoms with E-state index in [-0.39, 0.29) is 49.6 Å². The topological polar surface area (TPSA) is 306 Å². The second-order valence-corrected chi connectivity index (χ2v) is 22.3. The summed E-state index contributed by atoms with van der Waals surface area (Å²) in [4.78, 5) is 112. The van der Waals surface area contributed by atoms with Crippen LogP contribution in [0.1, 0.15) is 125 Å². The summed E-state index contributed by atoms with van der Waals surface area (Å²) < 4.78 is 17.7. The van der Waals surface area contributed by atoms with Crippen molar-refractivity contribution in [3.63, 3.8) is 0 Å². The van der Waals surface area contributed by atoms with Crippen molar-refractivity contribution in [1.29, 1.82) is 0 Å². The molecule has 0 spiro atoms. The molecule has 9 amide bonds. The molecule has 0 aliphatic carbocycles. The lowest BCUT2D eigenvalue weighted by molar-refractivity contribution is -0.148. The number of nitrogens with zero attached hydrogens (tertiary/aromatic N) is 3. The number of aliphatic hydroxyl groups excluding tert-OH is 1. The number of likely N-dealkylation sites (N-methyl/N-ethyl adjacent to an activating group) is 2. The predicted molar refractivity (Wildman–Crippen MR) is 305 cm³/mol. The van der Waals surface area contributed by atoms with Gasteiger partial charge in [0.1, 0.15) is 24.7 Å². The minimum atomic E-state index is -1.05. The third kappa shape index (κ3) is 19.4. The summed E-state index contributed by atoms with van der Waals surface area (Å²) >= 11 is 0. The number of rotatable bonds is 31. The zero-order valence-corrected chi connectivity index (χ0v) is 49.7. The number of benzene rings is 2. The fourth-order valence-corrected chi connectivity index (χ4v) is 10.2. The maximum absolute atomic E-state index is 14.7. The van der Waals surface area contributed by atoms with Gasteiger partial charge in [-0.2, -0.15) is 0 Å². The summed E-state index contributed by atoms with van der Waals surface area (Å²) in [6.45, 7) is 18.7. The van der Waals surface area contributed by atoms with E-state index in [0.717, 1.165) is 0 Å². The number of nitrogens with one attached hydrogen (secondary N) is 5. The van der Waals surface area contributed by atoms with E-state index in [1.165, 1.54) is 26.2 Å². The van der Waals surface area contributed by atoms with E-state index in [1.807, 2.05) is 45.9 Å². The van der Waals surface area contributed by atoms with Crippen LogP contribution in [0.15, 0.2) is 54.6 Å². The quantitative estimate of drug-likeness (QED) is 0.0485. The summed E-state index contributed by atoms with van der Waals surface area (Å²) in [5, 5.41) is 24.8. The number of amides is 9. The van der Waals surface area contributed by atoms with Gasteiger partial charge in [-0.3, -0.25) is 33.7 Å².